The van der Waals surface area contributed by atoms with Crippen molar-refractivity contribution in [3.63, 3.8) is 0 Å². The Morgan fingerprint density at radius 3 is 2.60 bits per heavy atom. The van der Waals surface area contributed by atoms with E-state index in [-0.39, 0.29) is 17.6 Å². The van der Waals surface area contributed by atoms with Crippen LogP contribution in [0.3, 0.4) is 0 Å². The van der Waals surface area contributed by atoms with Crippen LogP contribution in [0.4, 0.5) is 5.69 Å². The summed E-state index contributed by atoms with van der Waals surface area (Å²) in [5.41, 5.74) is 2.03. The number of carbonyl (C=O) groups excluding carboxylic acids is 1. The summed E-state index contributed by atoms with van der Waals surface area (Å²) in [5, 5.41) is 3.01. The molecule has 1 saturated carbocycles. The molecule has 0 unspecified atom stereocenters. The maximum absolute atomic E-state index is 12.3. The molecule has 1 spiro atoms. The summed E-state index contributed by atoms with van der Waals surface area (Å²) in [5.74, 6) is -0.211. The van der Waals surface area contributed by atoms with Gasteiger partial charge in [-0.3, -0.25) is 4.79 Å². The summed E-state index contributed by atoms with van der Waals surface area (Å²) >= 11 is 0. The van der Waals surface area contributed by atoms with Crippen LogP contribution in [0.5, 0.6) is 0 Å². The Bertz CT molecular complexity index is 484. The van der Waals surface area contributed by atoms with Crippen LogP contribution in [0.1, 0.15) is 31.2 Å². The summed E-state index contributed by atoms with van der Waals surface area (Å²) in [6.45, 7) is 3.38. The second-order valence-corrected chi connectivity index (χ2v) is 5.74. The first-order valence-electron chi connectivity index (χ1n) is 7.32. The van der Waals surface area contributed by atoms with E-state index in [0.717, 1.165) is 36.9 Å². The predicted octanol–water partition coefficient (Wildman–Crippen LogP) is 2.87. The monoisotopic (exact) mass is 275 g/mol. The van der Waals surface area contributed by atoms with Crippen molar-refractivity contribution < 1.29 is 14.3 Å². The summed E-state index contributed by atoms with van der Waals surface area (Å²) in [4.78, 5) is 12.3. The highest BCUT2D eigenvalue weighted by Gasteiger charge is 2.41. The molecule has 1 aromatic carbocycles. The minimum absolute atomic E-state index is 0.0638. The Balaban J connectivity index is 1.56. The van der Waals surface area contributed by atoms with Gasteiger partial charge in [-0.2, -0.15) is 0 Å². The Morgan fingerprint density at radius 2 is 1.95 bits per heavy atom. The van der Waals surface area contributed by atoms with Crippen molar-refractivity contribution in [1.82, 2.24) is 0 Å². The zero-order chi connectivity index (χ0) is 14.0. The lowest BCUT2D eigenvalue weighted by atomic mass is 9.84. The summed E-state index contributed by atoms with van der Waals surface area (Å²) in [6.07, 6.45) is 3.30. The Morgan fingerprint density at radius 1 is 1.25 bits per heavy atom. The molecule has 20 heavy (non-hydrogen) atoms. The van der Waals surface area contributed by atoms with Gasteiger partial charge in [0.25, 0.3) is 0 Å². The van der Waals surface area contributed by atoms with E-state index in [2.05, 4.69) is 5.32 Å². The number of anilines is 1. The third-order valence-corrected chi connectivity index (χ3v) is 4.22. The van der Waals surface area contributed by atoms with Crippen molar-refractivity contribution in [3.05, 3.63) is 29.8 Å². The number of benzene rings is 1. The van der Waals surface area contributed by atoms with Gasteiger partial charge in [-0.1, -0.05) is 12.1 Å². The van der Waals surface area contributed by atoms with Crippen molar-refractivity contribution >= 4 is 11.6 Å². The fourth-order valence-corrected chi connectivity index (χ4v) is 3.07. The van der Waals surface area contributed by atoms with Crippen LogP contribution in [0.2, 0.25) is 0 Å². The van der Waals surface area contributed by atoms with Gasteiger partial charge in [0.2, 0.25) is 5.91 Å². The van der Waals surface area contributed by atoms with Crippen molar-refractivity contribution in [3.8, 4) is 0 Å². The quantitative estimate of drug-likeness (QED) is 0.902. The Labute approximate surface area is 119 Å². The van der Waals surface area contributed by atoms with Crippen LogP contribution in [0.15, 0.2) is 24.3 Å². The molecule has 108 valence electrons. The summed E-state index contributed by atoms with van der Waals surface area (Å²) < 4.78 is 11.4. The van der Waals surface area contributed by atoms with Crippen LogP contribution >= 0.6 is 0 Å². The van der Waals surface area contributed by atoms with Gasteiger partial charge in [-0.15, -0.1) is 0 Å². The van der Waals surface area contributed by atoms with Gasteiger partial charge in [0.1, 0.15) is 0 Å². The number of carbonyl (C=O) groups is 1. The molecule has 2 fully saturated rings. The van der Waals surface area contributed by atoms with Crippen LogP contribution in [0, 0.1) is 12.8 Å². The second kappa shape index (κ2) is 5.54. The Hall–Kier alpha value is -1.39. The molecule has 1 aliphatic carbocycles. The van der Waals surface area contributed by atoms with Crippen LogP contribution in [-0.2, 0) is 14.3 Å². The zero-order valence-corrected chi connectivity index (χ0v) is 11.9. The van der Waals surface area contributed by atoms with Crippen molar-refractivity contribution in [1.29, 1.82) is 0 Å². The van der Waals surface area contributed by atoms with Crippen LogP contribution < -0.4 is 5.32 Å². The molecule has 1 amide bonds. The van der Waals surface area contributed by atoms with Crippen molar-refractivity contribution in [2.24, 2.45) is 5.92 Å². The molecular formula is C16H21NO3. The number of ether oxygens (including phenoxy) is 2. The van der Waals surface area contributed by atoms with Crippen LogP contribution in [0.25, 0.3) is 0 Å². The first-order chi connectivity index (χ1) is 9.67. The fraction of sp³-hybridized carbons (Fsp3) is 0.562. The first-order valence-corrected chi connectivity index (χ1v) is 7.32. The van der Waals surface area contributed by atoms with E-state index in [0.29, 0.717) is 13.2 Å². The third-order valence-electron chi connectivity index (χ3n) is 4.22. The topological polar surface area (TPSA) is 47.6 Å². The van der Waals surface area contributed by atoms with Gasteiger partial charge >= 0.3 is 0 Å². The highest BCUT2D eigenvalue weighted by atomic mass is 16.7. The molecule has 0 radical (unpaired) electrons. The van der Waals surface area contributed by atoms with Crippen molar-refractivity contribution in [2.45, 2.75) is 38.4 Å². The van der Waals surface area contributed by atoms with Crippen molar-refractivity contribution in [2.75, 3.05) is 18.5 Å². The number of nitrogens with one attached hydrogen (secondary N) is 1. The molecule has 0 bridgehead atoms. The van der Waals surface area contributed by atoms with E-state index < -0.39 is 0 Å². The summed E-state index contributed by atoms with van der Waals surface area (Å²) in [7, 11) is 0. The van der Waals surface area contributed by atoms with Gasteiger partial charge < -0.3 is 14.8 Å². The van der Waals surface area contributed by atoms with Gasteiger partial charge in [-0.25, -0.2) is 0 Å². The van der Waals surface area contributed by atoms with Gasteiger partial charge in [0.15, 0.2) is 5.79 Å². The van der Waals surface area contributed by atoms with E-state index in [9.17, 15) is 4.79 Å². The lowest BCUT2D eigenvalue weighted by Crippen LogP contribution is -2.38. The highest BCUT2D eigenvalue weighted by molar-refractivity contribution is 5.92. The minimum atomic E-state index is -0.389. The standard InChI is InChI=1S/C16H21NO3/c1-12-3-2-4-14(11-12)17-15(18)13-5-7-16(8-6-13)19-9-10-20-16/h2-4,11,13H,5-10H2,1H3,(H,17,18). The molecule has 1 heterocycles. The highest BCUT2D eigenvalue weighted by Crippen LogP contribution is 2.38. The van der Waals surface area contributed by atoms with E-state index in [1.54, 1.807) is 0 Å². The van der Waals surface area contributed by atoms with E-state index in [1.807, 2.05) is 31.2 Å². The lowest BCUT2D eigenvalue weighted by molar-refractivity contribution is -0.182. The summed E-state index contributed by atoms with van der Waals surface area (Å²) in [6, 6.07) is 7.90. The lowest BCUT2D eigenvalue weighted by Gasteiger charge is -2.34. The average molecular weight is 275 g/mol. The molecule has 1 N–H and O–H groups in total. The number of hydrogen-bond donors (Lipinski definition) is 1. The molecule has 4 nitrogen and oxygen atoms in total. The number of rotatable bonds is 2. The smallest absolute Gasteiger partial charge is 0.227 e. The number of hydrogen-bond acceptors (Lipinski definition) is 3. The molecule has 0 aromatic heterocycles. The van der Waals surface area contributed by atoms with E-state index >= 15 is 0 Å². The molecule has 3 rings (SSSR count). The number of aryl methyl sites for hydroxylation is 1. The fourth-order valence-electron chi connectivity index (χ4n) is 3.07. The zero-order valence-electron chi connectivity index (χ0n) is 11.9. The molecule has 1 aromatic rings. The molecular weight excluding hydrogens is 254 g/mol. The first kappa shape index (κ1) is 13.6. The molecule has 2 aliphatic rings. The van der Waals surface area contributed by atoms with E-state index in [1.165, 1.54) is 0 Å². The maximum atomic E-state index is 12.3. The van der Waals surface area contributed by atoms with Gasteiger partial charge in [0, 0.05) is 24.4 Å². The van der Waals surface area contributed by atoms with Gasteiger partial charge in [0.05, 0.1) is 13.2 Å². The second-order valence-electron chi connectivity index (χ2n) is 5.74. The molecule has 4 heteroatoms. The largest absolute Gasteiger partial charge is 0.348 e. The SMILES string of the molecule is Cc1cccc(NC(=O)C2CCC3(CC2)OCCO3)c1. The number of amides is 1. The normalized spacial score (nSPS) is 22.1. The Kier molecular flexibility index (Phi) is 3.76. The maximum Gasteiger partial charge on any atom is 0.227 e. The predicted molar refractivity (Wildman–Crippen MR) is 76.4 cm³/mol. The molecule has 1 aliphatic heterocycles. The average Bonchev–Trinajstić information content (AvgIpc) is 2.88. The minimum Gasteiger partial charge on any atom is -0.348 e. The van der Waals surface area contributed by atoms with Gasteiger partial charge in [-0.05, 0) is 37.5 Å². The molecule has 0 atom stereocenters. The molecule has 1 saturated heterocycles. The van der Waals surface area contributed by atoms with Crippen LogP contribution in [-0.4, -0.2) is 24.9 Å². The van der Waals surface area contributed by atoms with E-state index in [4.69, 9.17) is 9.47 Å². The third kappa shape index (κ3) is 2.86.